The third kappa shape index (κ3) is 8.63. The fourth-order valence-electron chi connectivity index (χ4n) is 2.82. The summed E-state index contributed by atoms with van der Waals surface area (Å²) in [5.41, 5.74) is 4.29. The molecule has 0 spiro atoms. The van der Waals surface area contributed by atoms with Crippen molar-refractivity contribution < 1.29 is 19.1 Å². The largest absolute Gasteiger partial charge is 0.494 e. The zero-order chi connectivity index (χ0) is 25.0. The monoisotopic (exact) mass is 513 g/mol. The summed E-state index contributed by atoms with van der Waals surface area (Å²) in [4.78, 5) is 24.1. The predicted molar refractivity (Wildman–Crippen MR) is 138 cm³/mol. The fourth-order valence-corrected chi connectivity index (χ4v) is 3.14. The van der Waals surface area contributed by atoms with Gasteiger partial charge in [0, 0.05) is 5.69 Å². The lowest BCUT2D eigenvalue weighted by atomic mass is 10.2. The molecule has 0 aromatic heterocycles. The number of carbonyl (C=O) groups is 2. The molecule has 182 valence electrons. The quantitative estimate of drug-likeness (QED) is 0.154. The normalized spacial score (nSPS) is 10.7. The first-order chi connectivity index (χ1) is 16.9. The number of amides is 2. The molecular formula is C26H25Cl2N3O4. The minimum Gasteiger partial charge on any atom is -0.494 e. The third-order valence-electron chi connectivity index (χ3n) is 4.73. The van der Waals surface area contributed by atoms with E-state index in [1.165, 1.54) is 6.21 Å². The van der Waals surface area contributed by atoms with Gasteiger partial charge in [0.05, 0.1) is 22.9 Å². The van der Waals surface area contributed by atoms with Crippen molar-refractivity contribution in [1.82, 2.24) is 5.43 Å². The van der Waals surface area contributed by atoms with Crippen molar-refractivity contribution in [3.05, 3.63) is 87.9 Å². The molecule has 3 aromatic rings. The van der Waals surface area contributed by atoms with E-state index in [1.54, 1.807) is 60.7 Å². The molecule has 0 heterocycles. The molecule has 3 rings (SSSR count). The molecule has 35 heavy (non-hydrogen) atoms. The van der Waals surface area contributed by atoms with Crippen molar-refractivity contribution in [2.45, 2.75) is 26.4 Å². The van der Waals surface area contributed by atoms with Crippen molar-refractivity contribution in [3.8, 4) is 11.5 Å². The maximum atomic E-state index is 12.1. The Morgan fingerprint density at radius 2 is 1.57 bits per heavy atom. The van der Waals surface area contributed by atoms with Crippen LogP contribution < -0.4 is 20.2 Å². The van der Waals surface area contributed by atoms with Crippen molar-refractivity contribution in [2.75, 3.05) is 11.9 Å². The first kappa shape index (κ1) is 26.1. The summed E-state index contributed by atoms with van der Waals surface area (Å²) in [5.74, 6) is -0.353. The van der Waals surface area contributed by atoms with E-state index in [1.807, 2.05) is 6.07 Å². The Hall–Kier alpha value is -3.55. The second-order valence-corrected chi connectivity index (χ2v) is 8.30. The van der Waals surface area contributed by atoms with Crippen LogP contribution in [0.15, 0.2) is 71.8 Å². The highest BCUT2D eigenvalue weighted by Gasteiger charge is 2.12. The van der Waals surface area contributed by atoms with Crippen LogP contribution in [-0.2, 0) is 16.2 Å². The van der Waals surface area contributed by atoms with Gasteiger partial charge in [0.25, 0.3) is 0 Å². The second-order valence-electron chi connectivity index (χ2n) is 7.49. The molecule has 2 amide bonds. The highest BCUT2D eigenvalue weighted by molar-refractivity contribution is 6.42. The molecule has 0 unspecified atom stereocenters. The van der Waals surface area contributed by atoms with Gasteiger partial charge in [0.2, 0.25) is 0 Å². The smallest absolute Gasteiger partial charge is 0.329 e. The fraction of sp³-hybridized carbons (Fsp3) is 0.192. The van der Waals surface area contributed by atoms with Gasteiger partial charge >= 0.3 is 11.8 Å². The standard InChI is InChI=1S/C26H25Cl2N3O4/c1-2-3-14-34-21-11-7-20(8-12-21)30-25(32)26(33)31-29-16-18-4-9-22(10-5-18)35-17-19-6-13-23(27)24(28)15-19/h4-13,15-16H,2-3,14,17H2,1H3,(H,30,32)(H,31,33)/b29-16-. The van der Waals surface area contributed by atoms with E-state index in [2.05, 4.69) is 22.8 Å². The molecule has 0 aliphatic carbocycles. The van der Waals surface area contributed by atoms with Gasteiger partial charge in [-0.1, -0.05) is 42.6 Å². The van der Waals surface area contributed by atoms with Crippen LogP contribution >= 0.6 is 23.2 Å². The van der Waals surface area contributed by atoms with Crippen LogP contribution in [-0.4, -0.2) is 24.6 Å². The molecule has 9 heteroatoms. The van der Waals surface area contributed by atoms with Gasteiger partial charge < -0.3 is 14.8 Å². The van der Waals surface area contributed by atoms with Gasteiger partial charge in [-0.3, -0.25) is 9.59 Å². The zero-order valence-electron chi connectivity index (χ0n) is 19.1. The number of rotatable bonds is 10. The lowest BCUT2D eigenvalue weighted by Gasteiger charge is -2.08. The number of halogens is 2. The number of anilines is 1. The zero-order valence-corrected chi connectivity index (χ0v) is 20.6. The lowest BCUT2D eigenvalue weighted by Crippen LogP contribution is -2.32. The molecule has 0 atom stereocenters. The number of hydrogen-bond acceptors (Lipinski definition) is 5. The molecule has 7 nitrogen and oxygen atoms in total. The molecule has 0 radical (unpaired) electrons. The molecule has 0 saturated heterocycles. The average Bonchev–Trinajstić information content (AvgIpc) is 2.86. The Labute approximate surface area is 214 Å². The van der Waals surface area contributed by atoms with E-state index in [-0.39, 0.29) is 0 Å². The van der Waals surface area contributed by atoms with Crippen LogP contribution in [0.2, 0.25) is 10.0 Å². The van der Waals surface area contributed by atoms with Gasteiger partial charge in [-0.2, -0.15) is 5.10 Å². The summed E-state index contributed by atoms with van der Waals surface area (Å²) in [7, 11) is 0. The maximum Gasteiger partial charge on any atom is 0.329 e. The number of benzene rings is 3. The molecule has 0 bridgehead atoms. The van der Waals surface area contributed by atoms with Gasteiger partial charge in [-0.15, -0.1) is 0 Å². The first-order valence-corrected chi connectivity index (χ1v) is 11.7. The van der Waals surface area contributed by atoms with Crippen LogP contribution in [0.3, 0.4) is 0 Å². The molecule has 0 aliphatic rings. The summed E-state index contributed by atoms with van der Waals surface area (Å²) in [6, 6.07) is 19.2. The molecule has 0 saturated carbocycles. The first-order valence-electron chi connectivity index (χ1n) is 11.0. The highest BCUT2D eigenvalue weighted by Crippen LogP contribution is 2.23. The van der Waals surface area contributed by atoms with Gasteiger partial charge in [0.15, 0.2) is 0 Å². The number of unbranched alkanes of at least 4 members (excludes halogenated alkanes) is 1. The Bertz CT molecular complexity index is 1170. The van der Waals surface area contributed by atoms with E-state index in [0.717, 1.165) is 18.4 Å². The van der Waals surface area contributed by atoms with E-state index in [0.29, 0.717) is 46.0 Å². The van der Waals surface area contributed by atoms with E-state index < -0.39 is 11.8 Å². The number of hydrogen-bond donors (Lipinski definition) is 2. The SMILES string of the molecule is CCCCOc1ccc(NC(=O)C(=O)N/N=C\c2ccc(OCc3ccc(Cl)c(Cl)c3)cc2)cc1. The van der Waals surface area contributed by atoms with Crippen LogP contribution in [0.5, 0.6) is 11.5 Å². The number of nitrogens with zero attached hydrogens (tertiary/aromatic N) is 1. The Morgan fingerprint density at radius 1 is 0.886 bits per heavy atom. The van der Waals surface area contributed by atoms with Crippen LogP contribution in [0, 0.1) is 0 Å². The Balaban J connectivity index is 1.43. The molecule has 2 N–H and O–H groups in total. The molecule has 0 aliphatic heterocycles. The summed E-state index contributed by atoms with van der Waals surface area (Å²) in [5, 5.41) is 7.31. The van der Waals surface area contributed by atoms with E-state index >= 15 is 0 Å². The van der Waals surface area contributed by atoms with E-state index in [4.69, 9.17) is 32.7 Å². The van der Waals surface area contributed by atoms with Gasteiger partial charge in [0.1, 0.15) is 18.1 Å². The maximum absolute atomic E-state index is 12.1. The van der Waals surface area contributed by atoms with Crippen LogP contribution in [0.1, 0.15) is 30.9 Å². The van der Waals surface area contributed by atoms with Crippen LogP contribution in [0.4, 0.5) is 5.69 Å². The highest BCUT2D eigenvalue weighted by atomic mass is 35.5. The number of nitrogens with one attached hydrogen (secondary N) is 2. The van der Waals surface area contributed by atoms with Crippen LogP contribution in [0.25, 0.3) is 0 Å². The summed E-state index contributed by atoms with van der Waals surface area (Å²) in [6.07, 6.45) is 3.44. The molecular weight excluding hydrogens is 489 g/mol. The second kappa shape index (κ2) is 13.4. The van der Waals surface area contributed by atoms with Crippen molar-refractivity contribution in [3.63, 3.8) is 0 Å². The summed E-state index contributed by atoms with van der Waals surface area (Å²) >= 11 is 11.9. The van der Waals surface area contributed by atoms with Crippen molar-refractivity contribution >= 4 is 46.9 Å². The molecule has 3 aromatic carbocycles. The van der Waals surface area contributed by atoms with E-state index in [9.17, 15) is 9.59 Å². The van der Waals surface area contributed by atoms with Crippen molar-refractivity contribution in [2.24, 2.45) is 5.10 Å². The minimum absolute atomic E-state index is 0.337. The molecule has 0 fully saturated rings. The van der Waals surface area contributed by atoms with Crippen molar-refractivity contribution in [1.29, 1.82) is 0 Å². The Kier molecular flexibility index (Phi) is 9.95. The predicted octanol–water partition coefficient (Wildman–Crippen LogP) is 5.84. The number of hydrazone groups is 1. The topological polar surface area (TPSA) is 89.0 Å². The minimum atomic E-state index is -0.883. The summed E-state index contributed by atoms with van der Waals surface area (Å²) in [6.45, 7) is 3.06. The lowest BCUT2D eigenvalue weighted by molar-refractivity contribution is -0.136. The Morgan fingerprint density at radius 3 is 2.26 bits per heavy atom. The van der Waals surface area contributed by atoms with Gasteiger partial charge in [-0.05, 0) is 78.2 Å². The summed E-state index contributed by atoms with van der Waals surface area (Å²) < 4.78 is 11.3. The third-order valence-corrected chi connectivity index (χ3v) is 5.47. The number of ether oxygens (including phenoxy) is 2. The number of carbonyl (C=O) groups excluding carboxylic acids is 2. The average molecular weight is 514 g/mol. The van der Waals surface area contributed by atoms with Gasteiger partial charge in [-0.25, -0.2) is 5.43 Å².